The zero-order valence-corrected chi connectivity index (χ0v) is 13.2. The Balaban J connectivity index is 2.28. The Morgan fingerprint density at radius 3 is 2.70 bits per heavy atom. The van der Waals surface area contributed by atoms with Crippen LogP contribution in [0.1, 0.15) is 24.5 Å². The monoisotopic (exact) mass is 298 g/mol. The Morgan fingerprint density at radius 2 is 2.15 bits per heavy atom. The molecule has 0 bridgehead atoms. The summed E-state index contributed by atoms with van der Waals surface area (Å²) in [5.74, 6) is -0.132. The standard InChI is InChI=1S/C13H22N4O2S/c1-5-11-16-10(8-20-11)6-7-14-13(19)15-9(2)12(18)17(3)4/h8-9H,5-7H2,1-4H3,(H2,14,15,19). The summed E-state index contributed by atoms with van der Waals surface area (Å²) >= 11 is 1.64. The number of likely N-dealkylation sites (N-methyl/N-ethyl adjacent to an activating group) is 1. The molecule has 0 fully saturated rings. The molecule has 6 nitrogen and oxygen atoms in total. The van der Waals surface area contributed by atoms with Crippen LogP contribution in [-0.4, -0.2) is 48.5 Å². The first-order valence-corrected chi connectivity index (χ1v) is 7.50. The van der Waals surface area contributed by atoms with Crippen molar-refractivity contribution in [2.24, 2.45) is 0 Å². The summed E-state index contributed by atoms with van der Waals surface area (Å²) in [5, 5.41) is 8.45. The normalized spacial score (nSPS) is 11.8. The predicted molar refractivity (Wildman–Crippen MR) is 79.9 cm³/mol. The molecule has 7 heteroatoms. The fraction of sp³-hybridized carbons (Fsp3) is 0.615. The fourth-order valence-electron chi connectivity index (χ4n) is 1.63. The van der Waals surface area contributed by atoms with Crippen LogP contribution >= 0.6 is 11.3 Å². The highest BCUT2D eigenvalue weighted by Gasteiger charge is 2.16. The lowest BCUT2D eigenvalue weighted by Gasteiger charge is -2.18. The number of carbonyl (C=O) groups excluding carboxylic acids is 2. The molecule has 0 aliphatic carbocycles. The lowest BCUT2D eigenvalue weighted by Crippen LogP contribution is -2.48. The van der Waals surface area contributed by atoms with Crippen molar-refractivity contribution >= 4 is 23.3 Å². The number of rotatable bonds is 6. The van der Waals surface area contributed by atoms with Gasteiger partial charge < -0.3 is 15.5 Å². The molecule has 1 rings (SSSR count). The molecule has 112 valence electrons. The number of thiazole rings is 1. The van der Waals surface area contributed by atoms with Gasteiger partial charge in [0.2, 0.25) is 5.91 Å². The Morgan fingerprint density at radius 1 is 1.45 bits per heavy atom. The lowest BCUT2D eigenvalue weighted by molar-refractivity contribution is -0.130. The molecule has 0 saturated heterocycles. The van der Waals surface area contributed by atoms with E-state index in [1.807, 2.05) is 5.38 Å². The molecule has 0 aromatic carbocycles. The number of amides is 3. The number of hydrogen-bond donors (Lipinski definition) is 2. The number of urea groups is 1. The maximum Gasteiger partial charge on any atom is 0.315 e. The van der Waals surface area contributed by atoms with Crippen molar-refractivity contribution in [2.45, 2.75) is 32.7 Å². The Kier molecular flexibility index (Phi) is 6.44. The first-order valence-electron chi connectivity index (χ1n) is 6.62. The van der Waals surface area contributed by atoms with Crippen LogP contribution in [0.4, 0.5) is 4.79 Å². The quantitative estimate of drug-likeness (QED) is 0.823. The average Bonchev–Trinajstić information content (AvgIpc) is 2.85. The summed E-state index contributed by atoms with van der Waals surface area (Å²) in [6, 6.07) is -0.866. The van der Waals surface area contributed by atoms with Crippen LogP contribution in [0, 0.1) is 0 Å². The van der Waals surface area contributed by atoms with Gasteiger partial charge in [0.25, 0.3) is 0 Å². The summed E-state index contributed by atoms with van der Waals surface area (Å²) in [6.45, 7) is 4.23. The second-order valence-electron chi connectivity index (χ2n) is 4.69. The van der Waals surface area contributed by atoms with Gasteiger partial charge in [-0.15, -0.1) is 11.3 Å². The molecule has 1 atom stereocenters. The fourth-order valence-corrected chi connectivity index (χ4v) is 2.41. The minimum atomic E-state index is -0.532. The number of aryl methyl sites for hydroxylation is 1. The van der Waals surface area contributed by atoms with Crippen molar-refractivity contribution in [1.29, 1.82) is 0 Å². The minimum Gasteiger partial charge on any atom is -0.347 e. The van der Waals surface area contributed by atoms with E-state index < -0.39 is 6.04 Å². The SMILES string of the molecule is CCc1nc(CCNC(=O)NC(C)C(=O)N(C)C)cs1. The van der Waals surface area contributed by atoms with Crippen LogP contribution in [0.15, 0.2) is 5.38 Å². The van der Waals surface area contributed by atoms with E-state index in [1.54, 1.807) is 32.4 Å². The van der Waals surface area contributed by atoms with E-state index in [2.05, 4.69) is 22.5 Å². The van der Waals surface area contributed by atoms with E-state index in [9.17, 15) is 9.59 Å². The molecule has 1 aromatic heterocycles. The van der Waals surface area contributed by atoms with Crippen molar-refractivity contribution in [3.05, 3.63) is 16.1 Å². The second-order valence-corrected chi connectivity index (χ2v) is 5.63. The second kappa shape index (κ2) is 7.84. The summed E-state index contributed by atoms with van der Waals surface area (Å²) < 4.78 is 0. The van der Waals surface area contributed by atoms with E-state index in [1.165, 1.54) is 4.90 Å². The van der Waals surface area contributed by atoms with E-state index >= 15 is 0 Å². The van der Waals surface area contributed by atoms with Crippen LogP contribution in [-0.2, 0) is 17.6 Å². The molecular formula is C13H22N4O2S. The van der Waals surface area contributed by atoms with Crippen molar-refractivity contribution in [2.75, 3.05) is 20.6 Å². The molecule has 1 aromatic rings. The Labute approximate surface area is 123 Å². The topological polar surface area (TPSA) is 74.3 Å². The van der Waals surface area contributed by atoms with Gasteiger partial charge in [0.05, 0.1) is 10.7 Å². The van der Waals surface area contributed by atoms with Crippen LogP contribution in [0.2, 0.25) is 0 Å². The van der Waals surface area contributed by atoms with Gasteiger partial charge >= 0.3 is 6.03 Å². The molecule has 20 heavy (non-hydrogen) atoms. The smallest absolute Gasteiger partial charge is 0.315 e. The molecule has 3 amide bonds. The molecule has 1 unspecified atom stereocenters. The van der Waals surface area contributed by atoms with Gasteiger partial charge in [-0.05, 0) is 13.3 Å². The first-order chi connectivity index (χ1) is 9.43. The third kappa shape index (κ3) is 5.16. The minimum absolute atomic E-state index is 0.132. The molecular weight excluding hydrogens is 276 g/mol. The van der Waals surface area contributed by atoms with Crippen LogP contribution in [0.5, 0.6) is 0 Å². The van der Waals surface area contributed by atoms with Gasteiger partial charge in [-0.25, -0.2) is 9.78 Å². The van der Waals surface area contributed by atoms with Crippen molar-refractivity contribution in [1.82, 2.24) is 20.5 Å². The number of nitrogens with zero attached hydrogens (tertiary/aromatic N) is 2. The highest BCUT2D eigenvalue weighted by atomic mass is 32.1. The number of aromatic nitrogens is 1. The van der Waals surface area contributed by atoms with Gasteiger partial charge in [-0.1, -0.05) is 6.92 Å². The van der Waals surface area contributed by atoms with E-state index in [-0.39, 0.29) is 11.9 Å². The maximum absolute atomic E-state index is 11.6. The van der Waals surface area contributed by atoms with Gasteiger partial charge in [-0.2, -0.15) is 0 Å². The third-order valence-corrected chi connectivity index (χ3v) is 3.77. The average molecular weight is 298 g/mol. The Hall–Kier alpha value is -1.63. The number of hydrogen-bond acceptors (Lipinski definition) is 4. The highest BCUT2D eigenvalue weighted by molar-refractivity contribution is 7.09. The number of nitrogens with one attached hydrogen (secondary N) is 2. The summed E-state index contributed by atoms with van der Waals surface area (Å²) in [7, 11) is 3.32. The van der Waals surface area contributed by atoms with Gasteiger partial charge in [0, 0.05) is 32.4 Å². The molecule has 1 heterocycles. The van der Waals surface area contributed by atoms with Crippen molar-refractivity contribution < 1.29 is 9.59 Å². The van der Waals surface area contributed by atoms with E-state index in [4.69, 9.17) is 0 Å². The predicted octanol–water partition coefficient (Wildman–Crippen LogP) is 1.02. The van der Waals surface area contributed by atoms with Gasteiger partial charge in [-0.3, -0.25) is 4.79 Å². The molecule has 0 saturated carbocycles. The first kappa shape index (κ1) is 16.4. The maximum atomic E-state index is 11.6. The summed E-state index contributed by atoms with van der Waals surface area (Å²) in [6.07, 6.45) is 1.63. The molecule has 0 spiro atoms. The van der Waals surface area contributed by atoms with Crippen LogP contribution < -0.4 is 10.6 Å². The molecule has 2 N–H and O–H groups in total. The van der Waals surface area contributed by atoms with E-state index in [0.29, 0.717) is 13.0 Å². The zero-order chi connectivity index (χ0) is 15.1. The van der Waals surface area contributed by atoms with Gasteiger partial charge in [0.1, 0.15) is 6.04 Å². The lowest BCUT2D eigenvalue weighted by atomic mass is 10.3. The van der Waals surface area contributed by atoms with Crippen molar-refractivity contribution in [3.8, 4) is 0 Å². The molecule has 0 radical (unpaired) electrons. The third-order valence-electron chi connectivity index (χ3n) is 2.73. The highest BCUT2D eigenvalue weighted by Crippen LogP contribution is 2.10. The molecule has 0 aliphatic heterocycles. The molecule has 0 aliphatic rings. The zero-order valence-electron chi connectivity index (χ0n) is 12.4. The van der Waals surface area contributed by atoms with Crippen LogP contribution in [0.25, 0.3) is 0 Å². The van der Waals surface area contributed by atoms with E-state index in [0.717, 1.165) is 17.1 Å². The van der Waals surface area contributed by atoms with Gasteiger partial charge in [0.15, 0.2) is 0 Å². The summed E-state index contributed by atoms with van der Waals surface area (Å²) in [5.41, 5.74) is 0.990. The summed E-state index contributed by atoms with van der Waals surface area (Å²) in [4.78, 5) is 29.1. The van der Waals surface area contributed by atoms with Crippen LogP contribution in [0.3, 0.4) is 0 Å². The number of carbonyl (C=O) groups is 2. The Bertz CT molecular complexity index is 459. The van der Waals surface area contributed by atoms with Crippen molar-refractivity contribution in [3.63, 3.8) is 0 Å². The largest absolute Gasteiger partial charge is 0.347 e.